The van der Waals surface area contributed by atoms with E-state index < -0.39 is 6.10 Å². The Morgan fingerprint density at radius 2 is 1.95 bits per heavy atom. The summed E-state index contributed by atoms with van der Waals surface area (Å²) in [5.74, 6) is -0.283. The van der Waals surface area contributed by atoms with Crippen molar-refractivity contribution in [2.24, 2.45) is 0 Å². The number of hydrogen-bond donors (Lipinski definition) is 3. The zero-order chi connectivity index (χ0) is 15.9. The first-order valence-electron chi connectivity index (χ1n) is 6.88. The number of carbonyl (C=O) groups excluding carboxylic acids is 2. The highest BCUT2D eigenvalue weighted by molar-refractivity contribution is 7.07. The third-order valence-corrected chi connectivity index (χ3v) is 3.76. The maximum Gasteiger partial charge on any atom is 0.224 e. The van der Waals surface area contributed by atoms with Crippen molar-refractivity contribution >= 4 is 28.8 Å². The van der Waals surface area contributed by atoms with Crippen molar-refractivity contribution in [2.75, 3.05) is 11.9 Å². The number of carbonyl (C=O) groups is 2. The van der Waals surface area contributed by atoms with Crippen molar-refractivity contribution in [2.45, 2.75) is 19.4 Å². The number of benzene rings is 1. The minimum absolute atomic E-state index is 0.132. The monoisotopic (exact) mass is 318 g/mol. The molecule has 1 atom stereocenters. The van der Waals surface area contributed by atoms with Gasteiger partial charge in [0, 0.05) is 19.2 Å². The first-order valence-corrected chi connectivity index (χ1v) is 7.82. The van der Waals surface area contributed by atoms with E-state index in [-0.39, 0.29) is 24.8 Å². The number of hydrogen-bond acceptors (Lipinski definition) is 4. The molecule has 1 heterocycles. The van der Waals surface area contributed by atoms with Crippen LogP contribution in [-0.4, -0.2) is 23.5 Å². The smallest absolute Gasteiger partial charge is 0.224 e. The van der Waals surface area contributed by atoms with Gasteiger partial charge in [0.25, 0.3) is 0 Å². The van der Waals surface area contributed by atoms with E-state index in [1.54, 1.807) is 24.3 Å². The maximum absolute atomic E-state index is 11.9. The molecule has 0 spiro atoms. The highest BCUT2D eigenvalue weighted by Crippen LogP contribution is 2.15. The second-order valence-electron chi connectivity index (χ2n) is 4.93. The summed E-state index contributed by atoms with van der Waals surface area (Å²) >= 11 is 1.51. The van der Waals surface area contributed by atoms with Crippen LogP contribution in [0.3, 0.4) is 0 Å². The minimum atomic E-state index is -0.683. The molecule has 2 aromatic rings. The van der Waals surface area contributed by atoms with Crippen LogP contribution in [0.2, 0.25) is 0 Å². The van der Waals surface area contributed by atoms with Gasteiger partial charge in [0.1, 0.15) is 0 Å². The Labute approximate surface area is 133 Å². The van der Waals surface area contributed by atoms with Crippen molar-refractivity contribution in [3.05, 3.63) is 52.2 Å². The standard InChI is InChI=1S/C16H18N2O3S/c1-11(19)18-14-4-2-12(3-5-14)8-16(21)17-9-15(20)13-6-7-22-10-13/h2-7,10,15,20H,8-9H2,1H3,(H,17,21)(H,18,19). The van der Waals surface area contributed by atoms with Crippen molar-refractivity contribution in [3.8, 4) is 0 Å². The number of nitrogens with one attached hydrogen (secondary N) is 2. The largest absolute Gasteiger partial charge is 0.387 e. The summed E-state index contributed by atoms with van der Waals surface area (Å²) < 4.78 is 0. The van der Waals surface area contributed by atoms with Crippen LogP contribution >= 0.6 is 11.3 Å². The highest BCUT2D eigenvalue weighted by atomic mass is 32.1. The van der Waals surface area contributed by atoms with Gasteiger partial charge in [-0.3, -0.25) is 9.59 Å². The number of rotatable bonds is 6. The summed E-state index contributed by atoms with van der Waals surface area (Å²) in [5.41, 5.74) is 2.35. The van der Waals surface area contributed by atoms with Crippen LogP contribution in [0.5, 0.6) is 0 Å². The van der Waals surface area contributed by atoms with E-state index in [1.165, 1.54) is 18.3 Å². The van der Waals surface area contributed by atoms with E-state index in [0.29, 0.717) is 5.69 Å². The van der Waals surface area contributed by atoms with Gasteiger partial charge in [0.2, 0.25) is 11.8 Å². The van der Waals surface area contributed by atoms with Crippen LogP contribution in [0.1, 0.15) is 24.2 Å². The van der Waals surface area contributed by atoms with Gasteiger partial charge in [-0.05, 0) is 40.1 Å². The molecule has 2 amide bonds. The van der Waals surface area contributed by atoms with Crippen molar-refractivity contribution in [3.63, 3.8) is 0 Å². The molecule has 0 bridgehead atoms. The topological polar surface area (TPSA) is 78.4 Å². The molecule has 0 saturated carbocycles. The van der Waals surface area contributed by atoms with E-state index in [9.17, 15) is 14.7 Å². The number of aliphatic hydroxyl groups excluding tert-OH is 1. The van der Waals surface area contributed by atoms with Gasteiger partial charge >= 0.3 is 0 Å². The van der Waals surface area contributed by atoms with Crippen LogP contribution in [-0.2, 0) is 16.0 Å². The molecule has 1 aromatic heterocycles. The van der Waals surface area contributed by atoms with Crippen molar-refractivity contribution < 1.29 is 14.7 Å². The molecular formula is C16H18N2O3S. The van der Waals surface area contributed by atoms with E-state index >= 15 is 0 Å². The van der Waals surface area contributed by atoms with Gasteiger partial charge in [0.15, 0.2) is 0 Å². The molecule has 0 fully saturated rings. The normalized spacial score (nSPS) is 11.7. The lowest BCUT2D eigenvalue weighted by molar-refractivity contribution is -0.121. The molecular weight excluding hydrogens is 300 g/mol. The molecule has 0 aliphatic rings. The number of thiophene rings is 1. The lowest BCUT2D eigenvalue weighted by atomic mass is 10.1. The molecule has 1 unspecified atom stereocenters. The van der Waals surface area contributed by atoms with Gasteiger partial charge in [-0.2, -0.15) is 11.3 Å². The molecule has 0 aliphatic carbocycles. The quantitative estimate of drug-likeness (QED) is 0.763. The first-order chi connectivity index (χ1) is 10.5. The summed E-state index contributed by atoms with van der Waals surface area (Å²) in [6.45, 7) is 1.64. The molecule has 2 rings (SSSR count). The summed E-state index contributed by atoms with van der Waals surface area (Å²) in [6.07, 6.45) is -0.450. The van der Waals surface area contributed by atoms with Crippen LogP contribution in [0, 0.1) is 0 Å². The molecule has 5 nitrogen and oxygen atoms in total. The average molecular weight is 318 g/mol. The van der Waals surface area contributed by atoms with Gasteiger partial charge in [0.05, 0.1) is 12.5 Å². The molecule has 22 heavy (non-hydrogen) atoms. The Kier molecular flexibility index (Phi) is 5.68. The van der Waals surface area contributed by atoms with Gasteiger partial charge in [-0.15, -0.1) is 0 Å². The Hall–Kier alpha value is -2.18. The number of aliphatic hydroxyl groups is 1. The fraction of sp³-hybridized carbons (Fsp3) is 0.250. The molecule has 0 aliphatic heterocycles. The van der Waals surface area contributed by atoms with Gasteiger partial charge < -0.3 is 15.7 Å². The van der Waals surface area contributed by atoms with Crippen LogP contribution < -0.4 is 10.6 Å². The average Bonchev–Trinajstić information content (AvgIpc) is 3.00. The SMILES string of the molecule is CC(=O)Nc1ccc(CC(=O)NCC(O)c2ccsc2)cc1. The highest BCUT2D eigenvalue weighted by Gasteiger charge is 2.10. The first kappa shape index (κ1) is 16.2. The fourth-order valence-corrected chi connectivity index (χ4v) is 2.66. The minimum Gasteiger partial charge on any atom is -0.387 e. The molecule has 0 saturated heterocycles. The second-order valence-corrected chi connectivity index (χ2v) is 5.71. The zero-order valence-electron chi connectivity index (χ0n) is 12.2. The van der Waals surface area contributed by atoms with Crippen LogP contribution in [0.25, 0.3) is 0 Å². The molecule has 1 aromatic carbocycles. The van der Waals surface area contributed by atoms with E-state index in [4.69, 9.17) is 0 Å². The molecule has 116 valence electrons. The Morgan fingerprint density at radius 1 is 1.23 bits per heavy atom. The van der Waals surface area contributed by atoms with Crippen molar-refractivity contribution in [1.82, 2.24) is 5.32 Å². The van der Waals surface area contributed by atoms with E-state index in [1.807, 2.05) is 16.8 Å². The predicted molar refractivity (Wildman–Crippen MR) is 86.7 cm³/mol. The van der Waals surface area contributed by atoms with Crippen molar-refractivity contribution in [1.29, 1.82) is 0 Å². The maximum atomic E-state index is 11.9. The van der Waals surface area contributed by atoms with Crippen LogP contribution in [0.15, 0.2) is 41.1 Å². The zero-order valence-corrected chi connectivity index (χ0v) is 13.0. The predicted octanol–water partition coefficient (Wildman–Crippen LogP) is 2.10. The third-order valence-electron chi connectivity index (χ3n) is 3.06. The summed E-state index contributed by atoms with van der Waals surface area (Å²) in [6, 6.07) is 8.93. The number of anilines is 1. The van der Waals surface area contributed by atoms with Gasteiger partial charge in [-0.1, -0.05) is 12.1 Å². The summed E-state index contributed by atoms with van der Waals surface area (Å²) in [5, 5.41) is 19.0. The van der Waals surface area contributed by atoms with Crippen LogP contribution in [0.4, 0.5) is 5.69 Å². The van der Waals surface area contributed by atoms with E-state index in [2.05, 4.69) is 10.6 Å². The molecule has 6 heteroatoms. The Bertz CT molecular complexity index is 623. The lowest BCUT2D eigenvalue weighted by Crippen LogP contribution is -2.29. The third kappa shape index (κ3) is 4.98. The summed E-state index contributed by atoms with van der Waals surface area (Å²) in [4.78, 5) is 22.8. The molecule has 3 N–H and O–H groups in total. The van der Waals surface area contributed by atoms with Gasteiger partial charge in [-0.25, -0.2) is 0 Å². The number of amides is 2. The Morgan fingerprint density at radius 3 is 2.55 bits per heavy atom. The molecule has 0 radical (unpaired) electrons. The second kappa shape index (κ2) is 7.72. The lowest BCUT2D eigenvalue weighted by Gasteiger charge is -2.11. The Balaban J connectivity index is 1.80. The summed E-state index contributed by atoms with van der Waals surface area (Å²) in [7, 11) is 0. The van der Waals surface area contributed by atoms with E-state index in [0.717, 1.165) is 11.1 Å². The fourth-order valence-electron chi connectivity index (χ4n) is 1.95.